The van der Waals surface area contributed by atoms with E-state index in [9.17, 15) is 9.18 Å². The third-order valence-corrected chi connectivity index (χ3v) is 2.27. The highest BCUT2D eigenvalue weighted by Crippen LogP contribution is 2.27. The lowest BCUT2D eigenvalue weighted by Gasteiger charge is -2.26. The second-order valence-corrected chi connectivity index (χ2v) is 3.12. The summed E-state index contributed by atoms with van der Waals surface area (Å²) in [5.41, 5.74) is 0. The third kappa shape index (κ3) is 1.94. The minimum atomic E-state index is -1.28. The Hall–Kier alpha value is -0.640. The van der Waals surface area contributed by atoms with E-state index < -0.39 is 12.3 Å². The van der Waals surface area contributed by atoms with Crippen molar-refractivity contribution in [1.29, 1.82) is 0 Å². The Balaban J connectivity index is 2.45. The Kier molecular flexibility index (Phi) is 3.03. The van der Waals surface area contributed by atoms with Crippen molar-refractivity contribution >= 4 is 5.97 Å². The van der Waals surface area contributed by atoms with Crippen molar-refractivity contribution in [3.8, 4) is 0 Å². The zero-order valence-corrected chi connectivity index (χ0v) is 7.00. The van der Waals surface area contributed by atoms with Gasteiger partial charge in [0.1, 0.15) is 6.17 Å². The maximum atomic E-state index is 12.9. The molecular weight excluding hydrogens is 163 g/mol. The van der Waals surface area contributed by atoms with Crippen LogP contribution in [0.4, 0.5) is 4.39 Å². The zero-order chi connectivity index (χ0) is 9.14. The number of alkyl halides is 1. The van der Waals surface area contributed by atoms with Crippen LogP contribution in [0.2, 0.25) is 0 Å². The van der Waals surface area contributed by atoms with Crippen LogP contribution in [0.3, 0.4) is 0 Å². The molecule has 3 nitrogen and oxygen atoms in total. The van der Waals surface area contributed by atoms with Crippen molar-refractivity contribution in [2.45, 2.75) is 31.5 Å². The SMILES string of the molecule is COC(=O)C1CCC(O)C(F)C1. The molecule has 1 saturated carbocycles. The number of ether oxygens (including phenoxy) is 1. The van der Waals surface area contributed by atoms with Crippen LogP contribution in [0.25, 0.3) is 0 Å². The molecule has 12 heavy (non-hydrogen) atoms. The Morgan fingerprint density at radius 1 is 1.58 bits per heavy atom. The van der Waals surface area contributed by atoms with Gasteiger partial charge in [0, 0.05) is 0 Å². The molecule has 0 amide bonds. The lowest BCUT2D eigenvalue weighted by Crippen LogP contribution is -2.34. The van der Waals surface area contributed by atoms with Crippen LogP contribution < -0.4 is 0 Å². The number of esters is 1. The summed E-state index contributed by atoms with van der Waals surface area (Å²) in [6.45, 7) is 0. The van der Waals surface area contributed by atoms with Gasteiger partial charge in [-0.05, 0) is 19.3 Å². The normalized spacial score (nSPS) is 36.1. The minimum absolute atomic E-state index is 0.0911. The first-order chi connectivity index (χ1) is 5.65. The first-order valence-electron chi connectivity index (χ1n) is 4.05. The van der Waals surface area contributed by atoms with Crippen LogP contribution in [0.1, 0.15) is 19.3 Å². The Labute approximate surface area is 70.5 Å². The number of halogens is 1. The number of methoxy groups -OCH3 is 1. The molecule has 3 atom stereocenters. The van der Waals surface area contributed by atoms with Crippen molar-refractivity contribution in [1.82, 2.24) is 0 Å². The fraction of sp³-hybridized carbons (Fsp3) is 0.875. The van der Waals surface area contributed by atoms with Crippen molar-refractivity contribution in [2.75, 3.05) is 7.11 Å². The van der Waals surface area contributed by atoms with Gasteiger partial charge in [0.05, 0.1) is 19.1 Å². The maximum absolute atomic E-state index is 12.9. The molecule has 0 saturated heterocycles. The van der Waals surface area contributed by atoms with Gasteiger partial charge in [-0.3, -0.25) is 4.79 Å². The lowest BCUT2D eigenvalue weighted by atomic mass is 9.86. The van der Waals surface area contributed by atoms with E-state index >= 15 is 0 Å². The van der Waals surface area contributed by atoms with Gasteiger partial charge >= 0.3 is 5.97 Å². The fourth-order valence-corrected chi connectivity index (χ4v) is 1.48. The molecule has 1 rings (SSSR count). The topological polar surface area (TPSA) is 46.5 Å². The fourth-order valence-electron chi connectivity index (χ4n) is 1.48. The molecule has 0 aromatic heterocycles. The molecule has 0 radical (unpaired) electrons. The lowest BCUT2D eigenvalue weighted by molar-refractivity contribution is -0.148. The molecule has 4 heteroatoms. The summed E-state index contributed by atoms with van der Waals surface area (Å²) in [7, 11) is 1.29. The smallest absolute Gasteiger partial charge is 0.308 e. The molecule has 0 spiro atoms. The molecule has 0 heterocycles. The van der Waals surface area contributed by atoms with Gasteiger partial charge in [-0.15, -0.1) is 0 Å². The highest BCUT2D eigenvalue weighted by molar-refractivity contribution is 5.72. The van der Waals surface area contributed by atoms with Crippen molar-refractivity contribution in [2.24, 2.45) is 5.92 Å². The summed E-state index contributed by atoms with van der Waals surface area (Å²) in [6, 6.07) is 0. The van der Waals surface area contributed by atoms with E-state index in [4.69, 9.17) is 5.11 Å². The molecule has 0 bridgehead atoms. The van der Waals surface area contributed by atoms with Crippen LogP contribution in [0.15, 0.2) is 0 Å². The monoisotopic (exact) mass is 176 g/mol. The largest absolute Gasteiger partial charge is 0.469 e. The minimum Gasteiger partial charge on any atom is -0.469 e. The molecular formula is C8H13FO3. The van der Waals surface area contributed by atoms with Crippen molar-refractivity contribution < 1.29 is 19.0 Å². The Morgan fingerprint density at radius 3 is 2.75 bits per heavy atom. The standard InChI is InChI=1S/C8H13FO3/c1-12-8(11)5-2-3-7(10)6(9)4-5/h5-7,10H,2-4H2,1H3. The zero-order valence-electron chi connectivity index (χ0n) is 7.00. The van der Waals surface area contributed by atoms with Crippen LogP contribution >= 0.6 is 0 Å². The van der Waals surface area contributed by atoms with Gasteiger partial charge in [-0.2, -0.15) is 0 Å². The highest BCUT2D eigenvalue weighted by Gasteiger charge is 2.33. The Morgan fingerprint density at radius 2 is 2.25 bits per heavy atom. The van der Waals surface area contributed by atoms with Crippen molar-refractivity contribution in [3.63, 3.8) is 0 Å². The summed E-state index contributed by atoms with van der Waals surface area (Å²) >= 11 is 0. The first-order valence-corrected chi connectivity index (χ1v) is 4.05. The summed E-state index contributed by atoms with van der Waals surface area (Å²) < 4.78 is 17.4. The van der Waals surface area contributed by atoms with Crippen LogP contribution in [-0.4, -0.2) is 30.5 Å². The van der Waals surface area contributed by atoms with Gasteiger partial charge < -0.3 is 9.84 Å². The first kappa shape index (κ1) is 9.45. The quantitative estimate of drug-likeness (QED) is 0.597. The van der Waals surface area contributed by atoms with Gasteiger partial charge in [-0.25, -0.2) is 4.39 Å². The molecule has 0 aromatic carbocycles. The maximum Gasteiger partial charge on any atom is 0.308 e. The van der Waals surface area contributed by atoms with E-state index in [1.54, 1.807) is 0 Å². The molecule has 1 N–H and O–H groups in total. The number of hydrogen-bond donors (Lipinski definition) is 1. The predicted molar refractivity (Wildman–Crippen MR) is 40.3 cm³/mol. The average molecular weight is 176 g/mol. The summed E-state index contributed by atoms with van der Waals surface area (Å²) in [6.07, 6.45) is -1.21. The Bertz CT molecular complexity index is 172. The molecule has 1 aliphatic rings. The van der Waals surface area contributed by atoms with Gasteiger partial charge in [0.25, 0.3) is 0 Å². The molecule has 3 unspecified atom stereocenters. The van der Waals surface area contributed by atoms with E-state index in [0.29, 0.717) is 12.8 Å². The number of carbonyl (C=O) groups excluding carboxylic acids is 1. The number of carbonyl (C=O) groups is 1. The van der Waals surface area contributed by atoms with Gasteiger partial charge in [-0.1, -0.05) is 0 Å². The van der Waals surface area contributed by atoms with Crippen LogP contribution in [0.5, 0.6) is 0 Å². The molecule has 0 aromatic rings. The van der Waals surface area contributed by atoms with Crippen molar-refractivity contribution in [3.05, 3.63) is 0 Å². The molecule has 1 fully saturated rings. The van der Waals surface area contributed by atoms with E-state index in [1.807, 2.05) is 0 Å². The van der Waals surface area contributed by atoms with Gasteiger partial charge in [0.15, 0.2) is 0 Å². The number of rotatable bonds is 1. The van der Waals surface area contributed by atoms with Crippen LogP contribution in [0, 0.1) is 5.92 Å². The second-order valence-electron chi connectivity index (χ2n) is 3.12. The number of hydrogen-bond acceptors (Lipinski definition) is 3. The van der Waals surface area contributed by atoms with E-state index in [1.165, 1.54) is 7.11 Å². The van der Waals surface area contributed by atoms with E-state index in [0.717, 1.165) is 0 Å². The molecule has 0 aliphatic heterocycles. The molecule has 70 valence electrons. The van der Waals surface area contributed by atoms with E-state index in [2.05, 4.69) is 4.74 Å². The summed E-state index contributed by atoms with van der Waals surface area (Å²) in [5.74, 6) is -0.738. The highest BCUT2D eigenvalue weighted by atomic mass is 19.1. The molecule has 1 aliphatic carbocycles. The second kappa shape index (κ2) is 3.85. The number of aliphatic hydroxyl groups excluding tert-OH is 1. The summed E-state index contributed by atoms with van der Waals surface area (Å²) in [5, 5.41) is 9.02. The average Bonchev–Trinajstić information content (AvgIpc) is 2.08. The van der Waals surface area contributed by atoms with Gasteiger partial charge in [0.2, 0.25) is 0 Å². The number of aliphatic hydroxyl groups is 1. The van der Waals surface area contributed by atoms with E-state index in [-0.39, 0.29) is 18.3 Å². The summed E-state index contributed by atoms with van der Waals surface area (Å²) in [4.78, 5) is 10.9. The third-order valence-electron chi connectivity index (χ3n) is 2.27. The van der Waals surface area contributed by atoms with Crippen LogP contribution in [-0.2, 0) is 9.53 Å². The predicted octanol–water partition coefficient (Wildman–Crippen LogP) is 0.658.